The van der Waals surface area contributed by atoms with Crippen LogP contribution in [0.15, 0.2) is 15.4 Å². The molecule has 1 fully saturated rings. The summed E-state index contributed by atoms with van der Waals surface area (Å²) in [6.45, 7) is 0. The lowest BCUT2D eigenvalue weighted by Crippen LogP contribution is -2.09. The molecule has 0 atom stereocenters. The van der Waals surface area contributed by atoms with Gasteiger partial charge in [0, 0.05) is 6.07 Å². The molecule has 0 radical (unpaired) electrons. The van der Waals surface area contributed by atoms with Crippen molar-refractivity contribution in [1.29, 1.82) is 0 Å². The smallest absolute Gasteiger partial charge is 0.339 e. The predicted octanol–water partition coefficient (Wildman–Crippen LogP) is 2.09. The van der Waals surface area contributed by atoms with Gasteiger partial charge in [-0.25, -0.2) is 9.95 Å². The van der Waals surface area contributed by atoms with Crippen molar-refractivity contribution in [2.75, 3.05) is 0 Å². The molecule has 3 heteroatoms. The number of aromatic amines is 1. The van der Waals surface area contributed by atoms with Crippen molar-refractivity contribution < 1.29 is 4.52 Å². The Morgan fingerprint density at radius 1 is 1.38 bits per heavy atom. The maximum absolute atomic E-state index is 10.7. The highest BCUT2D eigenvalue weighted by Gasteiger charge is 2.14. The molecule has 0 saturated heterocycles. The summed E-state index contributed by atoms with van der Waals surface area (Å²) in [5.74, 6) is 0.752. The third-order valence-electron chi connectivity index (χ3n) is 2.81. The molecule has 0 unspecified atom stereocenters. The molecule has 1 saturated carbocycles. The lowest BCUT2D eigenvalue weighted by molar-refractivity contribution is 0.339. The second-order valence-electron chi connectivity index (χ2n) is 3.90. The molecule has 0 bridgehead atoms. The van der Waals surface area contributed by atoms with Crippen LogP contribution in [0.5, 0.6) is 0 Å². The molecule has 1 aromatic heterocycles. The van der Waals surface area contributed by atoms with Crippen molar-refractivity contribution in [3.8, 4) is 0 Å². The zero-order valence-corrected chi connectivity index (χ0v) is 7.71. The van der Waals surface area contributed by atoms with Gasteiger partial charge in [-0.3, -0.25) is 0 Å². The summed E-state index contributed by atoms with van der Waals surface area (Å²) in [5, 5.41) is 2.67. The lowest BCUT2D eigenvalue weighted by atomic mass is 9.86. The summed E-state index contributed by atoms with van der Waals surface area (Å²) < 4.78 is 4.63. The highest BCUT2D eigenvalue weighted by molar-refractivity contribution is 4.97. The first-order chi connectivity index (χ1) is 6.34. The Morgan fingerprint density at radius 3 is 2.77 bits per heavy atom. The molecule has 3 nitrogen and oxygen atoms in total. The van der Waals surface area contributed by atoms with E-state index in [0.717, 1.165) is 18.0 Å². The summed E-state index contributed by atoms with van der Waals surface area (Å²) in [7, 11) is 0. The zero-order chi connectivity index (χ0) is 9.10. The third kappa shape index (κ3) is 2.23. The van der Waals surface area contributed by atoms with Crippen LogP contribution < -0.4 is 5.63 Å². The molecule has 0 aliphatic heterocycles. The molecule has 13 heavy (non-hydrogen) atoms. The molecule has 0 amide bonds. The number of rotatable bonds is 2. The number of aromatic nitrogens is 1. The quantitative estimate of drug-likeness (QED) is 0.759. The number of H-pyrrole nitrogens is 1. The normalized spacial score (nSPS) is 19.1. The van der Waals surface area contributed by atoms with E-state index in [1.54, 1.807) is 6.07 Å². The Bertz CT molecular complexity index is 307. The minimum absolute atomic E-state index is 0.259. The number of nitrogens with one attached hydrogen (secondary N) is 1. The van der Waals surface area contributed by atoms with Crippen molar-refractivity contribution >= 4 is 0 Å². The molecule has 1 heterocycles. The summed E-state index contributed by atoms with van der Waals surface area (Å²) in [4.78, 5) is 10.7. The standard InChI is InChI=1S/C10H15NO2/c12-10-7-9(11-13-10)6-8-4-2-1-3-5-8/h7-8,11H,1-6H2. The molecule has 1 N–H and O–H groups in total. The zero-order valence-electron chi connectivity index (χ0n) is 7.71. The molecule has 72 valence electrons. The molecule has 0 spiro atoms. The van der Waals surface area contributed by atoms with Gasteiger partial charge in [0.05, 0.1) is 5.69 Å². The van der Waals surface area contributed by atoms with Crippen molar-refractivity contribution in [3.63, 3.8) is 0 Å². The molecule has 1 aliphatic rings. The Balaban J connectivity index is 1.93. The summed E-state index contributed by atoms with van der Waals surface area (Å²) >= 11 is 0. The van der Waals surface area contributed by atoms with E-state index in [9.17, 15) is 4.79 Å². The maximum Gasteiger partial charge on any atom is 0.357 e. The Labute approximate surface area is 77.1 Å². The first-order valence-electron chi connectivity index (χ1n) is 5.02. The summed E-state index contributed by atoms with van der Waals surface area (Å²) in [5.41, 5.74) is 0.697. The molecule has 1 aliphatic carbocycles. The SMILES string of the molecule is O=c1cc(CC2CCCCC2)[nH]o1. The van der Waals surface area contributed by atoms with Gasteiger partial charge in [-0.05, 0) is 12.3 Å². The monoisotopic (exact) mass is 181 g/mol. The van der Waals surface area contributed by atoms with E-state index in [1.165, 1.54) is 32.1 Å². The first kappa shape index (κ1) is 8.60. The van der Waals surface area contributed by atoms with Crippen molar-refractivity contribution in [2.45, 2.75) is 38.5 Å². The van der Waals surface area contributed by atoms with Gasteiger partial charge in [-0.2, -0.15) is 0 Å². The molecular formula is C10H15NO2. The fourth-order valence-electron chi connectivity index (χ4n) is 2.12. The van der Waals surface area contributed by atoms with Crippen molar-refractivity contribution in [3.05, 3.63) is 22.2 Å². The van der Waals surface area contributed by atoms with E-state index < -0.39 is 0 Å². The van der Waals surface area contributed by atoms with E-state index in [2.05, 4.69) is 9.68 Å². The average Bonchev–Trinajstić information content (AvgIpc) is 2.53. The van der Waals surface area contributed by atoms with Crippen LogP contribution in [0.4, 0.5) is 0 Å². The van der Waals surface area contributed by atoms with Crippen LogP contribution in [0, 0.1) is 5.92 Å². The van der Waals surface area contributed by atoms with Crippen molar-refractivity contribution in [1.82, 2.24) is 5.16 Å². The Kier molecular flexibility index (Phi) is 2.52. The Hall–Kier alpha value is -0.990. The number of hydrogen-bond donors (Lipinski definition) is 1. The van der Waals surface area contributed by atoms with Gasteiger partial charge in [-0.15, -0.1) is 0 Å². The van der Waals surface area contributed by atoms with Crippen LogP contribution >= 0.6 is 0 Å². The topological polar surface area (TPSA) is 46.0 Å². The van der Waals surface area contributed by atoms with E-state index in [4.69, 9.17) is 0 Å². The van der Waals surface area contributed by atoms with Gasteiger partial charge >= 0.3 is 5.63 Å². The van der Waals surface area contributed by atoms with Gasteiger partial charge in [0.1, 0.15) is 0 Å². The highest BCUT2D eigenvalue weighted by atomic mass is 16.5. The van der Waals surface area contributed by atoms with Gasteiger partial charge in [0.25, 0.3) is 0 Å². The molecular weight excluding hydrogens is 166 g/mol. The largest absolute Gasteiger partial charge is 0.357 e. The number of hydrogen-bond acceptors (Lipinski definition) is 2. The minimum Gasteiger partial charge on any atom is -0.339 e. The van der Waals surface area contributed by atoms with Gasteiger partial charge in [-0.1, -0.05) is 32.1 Å². The van der Waals surface area contributed by atoms with Crippen LogP contribution in [-0.2, 0) is 6.42 Å². The van der Waals surface area contributed by atoms with Crippen LogP contribution in [0.1, 0.15) is 37.8 Å². The van der Waals surface area contributed by atoms with Crippen LogP contribution in [0.2, 0.25) is 0 Å². The van der Waals surface area contributed by atoms with E-state index >= 15 is 0 Å². The van der Waals surface area contributed by atoms with Gasteiger partial charge in [0.15, 0.2) is 0 Å². The Morgan fingerprint density at radius 2 is 2.15 bits per heavy atom. The lowest BCUT2D eigenvalue weighted by Gasteiger charge is -2.20. The molecule has 2 rings (SSSR count). The van der Waals surface area contributed by atoms with Gasteiger partial charge < -0.3 is 4.52 Å². The fraction of sp³-hybridized carbons (Fsp3) is 0.700. The van der Waals surface area contributed by atoms with Crippen LogP contribution in [0.3, 0.4) is 0 Å². The minimum atomic E-state index is -0.259. The third-order valence-corrected chi connectivity index (χ3v) is 2.81. The molecule has 1 aromatic rings. The average molecular weight is 181 g/mol. The summed E-state index contributed by atoms with van der Waals surface area (Å²) in [6, 6.07) is 1.56. The highest BCUT2D eigenvalue weighted by Crippen LogP contribution is 2.25. The second kappa shape index (κ2) is 3.81. The van der Waals surface area contributed by atoms with E-state index in [1.807, 2.05) is 0 Å². The first-order valence-corrected chi connectivity index (χ1v) is 5.02. The molecule has 0 aromatic carbocycles. The fourth-order valence-corrected chi connectivity index (χ4v) is 2.12. The van der Waals surface area contributed by atoms with Crippen LogP contribution in [0.25, 0.3) is 0 Å². The van der Waals surface area contributed by atoms with Gasteiger partial charge in [0.2, 0.25) is 0 Å². The second-order valence-corrected chi connectivity index (χ2v) is 3.90. The maximum atomic E-state index is 10.7. The van der Waals surface area contributed by atoms with Crippen LogP contribution in [-0.4, -0.2) is 5.16 Å². The van der Waals surface area contributed by atoms with Crippen molar-refractivity contribution in [2.24, 2.45) is 5.92 Å². The summed E-state index contributed by atoms with van der Waals surface area (Å²) in [6.07, 6.45) is 7.63. The van der Waals surface area contributed by atoms with E-state index in [0.29, 0.717) is 0 Å². The predicted molar refractivity (Wildman–Crippen MR) is 49.6 cm³/mol. The van der Waals surface area contributed by atoms with E-state index in [-0.39, 0.29) is 5.63 Å².